The largest absolute Gasteiger partial charge is 0.473 e. The third kappa shape index (κ3) is 2.89. The fourth-order valence-electron chi connectivity index (χ4n) is 1.95. The lowest BCUT2D eigenvalue weighted by molar-refractivity contribution is 0.100. The lowest BCUT2D eigenvalue weighted by atomic mass is 9.88. The van der Waals surface area contributed by atoms with Crippen LogP contribution in [0.25, 0.3) is 0 Å². The van der Waals surface area contributed by atoms with Crippen LogP contribution >= 0.6 is 0 Å². The Kier molecular flexibility index (Phi) is 3.50. The Bertz CT molecular complexity index is 284. The summed E-state index contributed by atoms with van der Waals surface area (Å²) in [5, 5.41) is 9.00. The van der Waals surface area contributed by atoms with Crippen LogP contribution in [0.3, 0.4) is 0 Å². The first-order chi connectivity index (χ1) is 7.38. The van der Waals surface area contributed by atoms with Gasteiger partial charge in [-0.2, -0.15) is 0 Å². The molecule has 0 atom stereocenters. The number of hydrogen-bond donors (Lipinski definition) is 1. The van der Waals surface area contributed by atoms with Crippen molar-refractivity contribution in [2.75, 3.05) is 6.61 Å². The van der Waals surface area contributed by atoms with Gasteiger partial charge in [0.2, 0.25) is 5.88 Å². The summed E-state index contributed by atoms with van der Waals surface area (Å²) in [7, 11) is 0. The van der Waals surface area contributed by atoms with Gasteiger partial charge in [0.25, 0.3) is 0 Å². The van der Waals surface area contributed by atoms with Crippen LogP contribution in [0.1, 0.15) is 25.7 Å². The van der Waals surface area contributed by atoms with E-state index >= 15 is 0 Å². The Morgan fingerprint density at radius 3 is 2.67 bits per heavy atom. The van der Waals surface area contributed by atoms with Crippen molar-refractivity contribution >= 4 is 0 Å². The molecule has 0 radical (unpaired) electrons. The lowest BCUT2D eigenvalue weighted by Crippen LogP contribution is -2.25. The van der Waals surface area contributed by atoms with Crippen molar-refractivity contribution in [3.8, 4) is 5.88 Å². The highest BCUT2D eigenvalue weighted by Gasteiger charge is 2.21. The van der Waals surface area contributed by atoms with Crippen molar-refractivity contribution in [2.24, 2.45) is 5.92 Å². The van der Waals surface area contributed by atoms with Crippen molar-refractivity contribution in [3.63, 3.8) is 0 Å². The number of ether oxygens (including phenoxy) is 1. The Morgan fingerprint density at radius 2 is 2.07 bits per heavy atom. The summed E-state index contributed by atoms with van der Waals surface area (Å²) in [4.78, 5) is 8.03. The van der Waals surface area contributed by atoms with Crippen molar-refractivity contribution in [3.05, 3.63) is 18.6 Å². The van der Waals surface area contributed by atoms with E-state index in [9.17, 15) is 0 Å². The first-order valence-corrected chi connectivity index (χ1v) is 5.42. The summed E-state index contributed by atoms with van der Waals surface area (Å²) in [6.45, 7) is 0.303. The second kappa shape index (κ2) is 5.07. The van der Waals surface area contributed by atoms with Crippen molar-refractivity contribution in [2.45, 2.75) is 31.8 Å². The molecule has 0 spiro atoms. The van der Waals surface area contributed by atoms with E-state index in [0.29, 0.717) is 18.4 Å². The maximum absolute atomic E-state index is 9.00. The number of aliphatic hydroxyl groups excluding tert-OH is 1. The van der Waals surface area contributed by atoms with Crippen LogP contribution in [0.15, 0.2) is 18.6 Å². The maximum Gasteiger partial charge on any atom is 0.232 e. The first-order valence-electron chi connectivity index (χ1n) is 5.42. The van der Waals surface area contributed by atoms with Crippen LogP contribution in [-0.4, -0.2) is 27.8 Å². The predicted molar refractivity (Wildman–Crippen MR) is 55.5 cm³/mol. The molecule has 2 rings (SSSR count). The molecule has 1 aromatic heterocycles. The van der Waals surface area contributed by atoms with Gasteiger partial charge in [0, 0.05) is 19.0 Å². The standard InChI is InChI=1S/C11H16N2O2/c14-8-9-1-3-10(4-2-9)15-11-7-12-5-6-13-11/h5-7,9-10,14H,1-4,8H2. The molecule has 0 unspecified atom stereocenters. The third-order valence-electron chi connectivity index (χ3n) is 2.88. The van der Waals surface area contributed by atoms with Crippen LogP contribution in [-0.2, 0) is 0 Å². The molecule has 1 saturated carbocycles. The van der Waals surface area contributed by atoms with Crippen molar-refractivity contribution in [1.82, 2.24) is 9.97 Å². The number of hydrogen-bond acceptors (Lipinski definition) is 4. The van der Waals surface area contributed by atoms with E-state index in [1.807, 2.05) is 0 Å². The van der Waals surface area contributed by atoms with Gasteiger partial charge in [0.1, 0.15) is 6.10 Å². The summed E-state index contributed by atoms with van der Waals surface area (Å²) in [6, 6.07) is 0. The first kappa shape index (κ1) is 10.4. The molecule has 0 saturated heterocycles. The Morgan fingerprint density at radius 1 is 1.27 bits per heavy atom. The molecule has 1 heterocycles. The molecule has 15 heavy (non-hydrogen) atoms. The van der Waals surface area contributed by atoms with Gasteiger partial charge in [-0.15, -0.1) is 0 Å². The normalized spacial score (nSPS) is 26.2. The van der Waals surface area contributed by atoms with Gasteiger partial charge in [-0.1, -0.05) is 0 Å². The third-order valence-corrected chi connectivity index (χ3v) is 2.88. The number of nitrogens with zero attached hydrogens (tertiary/aromatic N) is 2. The second-order valence-electron chi connectivity index (χ2n) is 3.99. The van der Waals surface area contributed by atoms with Gasteiger partial charge in [-0.05, 0) is 31.6 Å². The minimum absolute atomic E-state index is 0.240. The zero-order valence-corrected chi connectivity index (χ0v) is 8.67. The molecule has 0 amide bonds. The average Bonchev–Trinajstić information content (AvgIpc) is 2.31. The zero-order chi connectivity index (χ0) is 10.5. The molecule has 1 N–H and O–H groups in total. The van der Waals surface area contributed by atoms with Gasteiger partial charge in [-0.25, -0.2) is 4.98 Å². The van der Waals surface area contributed by atoms with Crippen LogP contribution < -0.4 is 4.74 Å². The molecule has 82 valence electrons. The minimum atomic E-state index is 0.240. The average molecular weight is 208 g/mol. The van der Waals surface area contributed by atoms with Crippen LogP contribution in [0.4, 0.5) is 0 Å². The highest BCUT2D eigenvalue weighted by molar-refractivity contribution is 5.02. The predicted octanol–water partition coefficient (Wildman–Crippen LogP) is 1.41. The smallest absolute Gasteiger partial charge is 0.232 e. The fourth-order valence-corrected chi connectivity index (χ4v) is 1.95. The SMILES string of the molecule is OCC1CCC(Oc2cnccn2)CC1. The Hall–Kier alpha value is -1.16. The molecule has 1 aliphatic carbocycles. The molecule has 0 aromatic carbocycles. The summed E-state index contributed by atoms with van der Waals surface area (Å²) >= 11 is 0. The van der Waals surface area contributed by atoms with Gasteiger partial charge in [-0.3, -0.25) is 4.98 Å². The molecular formula is C11H16N2O2. The van der Waals surface area contributed by atoms with E-state index in [2.05, 4.69) is 9.97 Å². The maximum atomic E-state index is 9.00. The molecule has 4 heteroatoms. The molecular weight excluding hydrogens is 192 g/mol. The lowest BCUT2D eigenvalue weighted by Gasteiger charge is -2.27. The summed E-state index contributed by atoms with van der Waals surface area (Å²) < 4.78 is 5.69. The second-order valence-corrected chi connectivity index (χ2v) is 3.99. The summed E-state index contributed by atoms with van der Waals surface area (Å²) in [5.74, 6) is 1.07. The highest BCUT2D eigenvalue weighted by Crippen LogP contribution is 2.26. The molecule has 0 bridgehead atoms. The topological polar surface area (TPSA) is 55.2 Å². The monoisotopic (exact) mass is 208 g/mol. The quantitative estimate of drug-likeness (QED) is 0.816. The van der Waals surface area contributed by atoms with Gasteiger partial charge in [0.15, 0.2) is 0 Å². The zero-order valence-electron chi connectivity index (χ0n) is 8.67. The van der Waals surface area contributed by atoms with E-state index in [0.717, 1.165) is 25.7 Å². The molecule has 0 aliphatic heterocycles. The molecule has 1 fully saturated rings. The van der Waals surface area contributed by atoms with Crippen LogP contribution in [0.2, 0.25) is 0 Å². The van der Waals surface area contributed by atoms with Crippen molar-refractivity contribution in [1.29, 1.82) is 0 Å². The minimum Gasteiger partial charge on any atom is -0.473 e. The molecule has 4 nitrogen and oxygen atoms in total. The summed E-state index contributed by atoms with van der Waals surface area (Å²) in [6.07, 6.45) is 9.24. The number of rotatable bonds is 3. The Labute approximate surface area is 89.3 Å². The van der Waals surface area contributed by atoms with Gasteiger partial charge < -0.3 is 9.84 Å². The molecule has 1 aromatic rings. The van der Waals surface area contributed by atoms with Crippen molar-refractivity contribution < 1.29 is 9.84 Å². The van der Waals surface area contributed by atoms with E-state index in [1.54, 1.807) is 18.6 Å². The number of aromatic nitrogens is 2. The van der Waals surface area contributed by atoms with E-state index in [4.69, 9.17) is 9.84 Å². The van der Waals surface area contributed by atoms with Gasteiger partial charge >= 0.3 is 0 Å². The Balaban J connectivity index is 1.82. The van der Waals surface area contributed by atoms with Crippen LogP contribution in [0, 0.1) is 5.92 Å². The van der Waals surface area contributed by atoms with Gasteiger partial charge in [0.05, 0.1) is 6.20 Å². The highest BCUT2D eigenvalue weighted by atomic mass is 16.5. The van der Waals surface area contributed by atoms with Crippen LogP contribution in [0.5, 0.6) is 5.88 Å². The van der Waals surface area contributed by atoms with E-state index < -0.39 is 0 Å². The van der Waals surface area contributed by atoms with E-state index in [-0.39, 0.29) is 6.10 Å². The molecule has 1 aliphatic rings. The number of aliphatic hydroxyl groups is 1. The van der Waals surface area contributed by atoms with E-state index in [1.165, 1.54) is 0 Å². The fraction of sp³-hybridized carbons (Fsp3) is 0.636. The summed E-state index contributed by atoms with van der Waals surface area (Å²) in [5.41, 5.74) is 0.